The van der Waals surface area contributed by atoms with E-state index in [-0.39, 0.29) is 0 Å². The number of amides is 1. The molecule has 0 unspecified atom stereocenters. The average molecular weight is 402 g/mol. The second kappa shape index (κ2) is 7.02. The number of hydrogen-bond acceptors (Lipinski definition) is 2. The monoisotopic (exact) mass is 401 g/mol. The SMILES string of the molecule is COc1c(F)c(F)c(C(=O)Nc2ccc(C(F)(F)F)cc2Cl)c(F)c1F. The Morgan fingerprint density at radius 3 is 2.00 bits per heavy atom. The Morgan fingerprint density at radius 2 is 1.58 bits per heavy atom. The first-order valence-corrected chi connectivity index (χ1v) is 6.94. The number of carbonyl (C=O) groups is 1. The summed E-state index contributed by atoms with van der Waals surface area (Å²) in [6, 6.07) is 1.72. The topological polar surface area (TPSA) is 38.3 Å². The van der Waals surface area contributed by atoms with Crippen LogP contribution in [0.3, 0.4) is 0 Å². The summed E-state index contributed by atoms with van der Waals surface area (Å²) >= 11 is 5.59. The number of alkyl halides is 3. The van der Waals surface area contributed by atoms with Crippen molar-refractivity contribution in [3.05, 3.63) is 57.6 Å². The van der Waals surface area contributed by atoms with Crippen molar-refractivity contribution in [3.63, 3.8) is 0 Å². The molecule has 0 aromatic heterocycles. The minimum absolute atomic E-state index is 0.457. The molecule has 0 spiro atoms. The van der Waals surface area contributed by atoms with Gasteiger partial charge in [-0.2, -0.15) is 22.0 Å². The number of methoxy groups -OCH3 is 1. The van der Waals surface area contributed by atoms with E-state index in [0.717, 1.165) is 13.2 Å². The lowest BCUT2D eigenvalue weighted by Gasteiger charge is -2.13. The lowest BCUT2D eigenvalue weighted by molar-refractivity contribution is -0.137. The average Bonchev–Trinajstić information content (AvgIpc) is 2.54. The van der Waals surface area contributed by atoms with Crippen LogP contribution in [0.15, 0.2) is 18.2 Å². The standard InChI is InChI=1S/C15H7ClF7NO2/c1-26-13-11(19)9(17)8(10(18)12(13)20)14(25)24-7-3-2-5(4-6(7)16)15(21,22)23/h2-4H,1H3,(H,24,25). The number of benzene rings is 2. The van der Waals surface area contributed by atoms with Crippen LogP contribution < -0.4 is 10.1 Å². The van der Waals surface area contributed by atoms with Crippen molar-refractivity contribution in [1.29, 1.82) is 0 Å². The lowest BCUT2D eigenvalue weighted by Crippen LogP contribution is -2.19. The number of nitrogens with one attached hydrogen (secondary N) is 1. The first-order chi connectivity index (χ1) is 12.0. The molecule has 0 atom stereocenters. The fraction of sp³-hybridized carbons (Fsp3) is 0.133. The van der Waals surface area contributed by atoms with E-state index in [4.69, 9.17) is 11.6 Å². The molecular formula is C15H7ClF7NO2. The van der Waals surface area contributed by atoms with Gasteiger partial charge in [-0.1, -0.05) is 11.6 Å². The fourth-order valence-electron chi connectivity index (χ4n) is 1.97. The molecule has 1 amide bonds. The summed E-state index contributed by atoms with van der Waals surface area (Å²) < 4.78 is 96.8. The molecule has 0 fully saturated rings. The predicted octanol–water partition coefficient (Wildman–Crippen LogP) is 5.18. The van der Waals surface area contributed by atoms with Crippen LogP contribution in [0.2, 0.25) is 5.02 Å². The van der Waals surface area contributed by atoms with E-state index >= 15 is 0 Å². The van der Waals surface area contributed by atoms with E-state index in [1.807, 2.05) is 0 Å². The Kier molecular flexibility index (Phi) is 5.36. The van der Waals surface area contributed by atoms with E-state index in [0.29, 0.717) is 12.1 Å². The number of halogens is 8. The Bertz CT molecular complexity index is 854. The molecule has 0 radical (unpaired) electrons. The van der Waals surface area contributed by atoms with Crippen LogP contribution in [0.25, 0.3) is 0 Å². The molecule has 0 aliphatic rings. The van der Waals surface area contributed by atoms with E-state index in [9.17, 15) is 35.5 Å². The zero-order valence-corrected chi connectivity index (χ0v) is 13.3. The molecule has 26 heavy (non-hydrogen) atoms. The highest BCUT2D eigenvalue weighted by Gasteiger charge is 2.32. The summed E-state index contributed by atoms with van der Waals surface area (Å²) in [5.41, 5.74) is -3.23. The zero-order valence-electron chi connectivity index (χ0n) is 12.6. The smallest absolute Gasteiger partial charge is 0.416 e. The summed E-state index contributed by atoms with van der Waals surface area (Å²) in [5, 5.41) is 1.18. The number of hydrogen-bond donors (Lipinski definition) is 1. The fourth-order valence-corrected chi connectivity index (χ4v) is 2.20. The van der Waals surface area contributed by atoms with Crippen molar-refractivity contribution in [2.75, 3.05) is 12.4 Å². The van der Waals surface area contributed by atoms with Gasteiger partial charge in [0, 0.05) is 0 Å². The molecular weight excluding hydrogens is 395 g/mol. The van der Waals surface area contributed by atoms with E-state index < -0.39 is 62.9 Å². The molecule has 0 saturated heterocycles. The number of ether oxygens (including phenoxy) is 1. The molecule has 0 bridgehead atoms. The van der Waals surface area contributed by atoms with Gasteiger partial charge in [0.15, 0.2) is 17.4 Å². The van der Waals surface area contributed by atoms with Gasteiger partial charge in [-0.25, -0.2) is 8.78 Å². The maximum atomic E-state index is 13.9. The van der Waals surface area contributed by atoms with Gasteiger partial charge in [-0.3, -0.25) is 4.79 Å². The summed E-state index contributed by atoms with van der Waals surface area (Å²) in [7, 11) is 0.752. The molecule has 0 saturated carbocycles. The third-order valence-electron chi connectivity index (χ3n) is 3.20. The van der Waals surface area contributed by atoms with Gasteiger partial charge >= 0.3 is 6.18 Å². The molecule has 140 valence electrons. The molecule has 11 heteroatoms. The highest BCUT2D eigenvalue weighted by Crippen LogP contribution is 2.35. The molecule has 2 aromatic carbocycles. The molecule has 0 aliphatic heterocycles. The zero-order chi connectivity index (χ0) is 19.8. The van der Waals surface area contributed by atoms with E-state index in [1.54, 1.807) is 5.32 Å². The molecule has 0 aliphatic carbocycles. The quantitative estimate of drug-likeness (QED) is 0.569. The van der Waals surface area contributed by atoms with Crippen LogP contribution in [0.1, 0.15) is 15.9 Å². The first kappa shape index (κ1) is 19.8. The van der Waals surface area contributed by atoms with Gasteiger partial charge in [0.2, 0.25) is 11.6 Å². The van der Waals surface area contributed by atoms with Gasteiger partial charge in [0.1, 0.15) is 5.56 Å². The third kappa shape index (κ3) is 3.55. The number of rotatable bonds is 3. The second-order valence-corrected chi connectivity index (χ2v) is 5.22. The highest BCUT2D eigenvalue weighted by atomic mass is 35.5. The van der Waals surface area contributed by atoms with E-state index in [2.05, 4.69) is 4.74 Å². The molecule has 2 aromatic rings. The minimum atomic E-state index is -4.72. The van der Waals surface area contributed by atoms with Gasteiger partial charge < -0.3 is 10.1 Å². The van der Waals surface area contributed by atoms with E-state index in [1.165, 1.54) is 0 Å². The molecule has 1 N–H and O–H groups in total. The van der Waals surface area contributed by atoms with Crippen molar-refractivity contribution in [1.82, 2.24) is 0 Å². The van der Waals surface area contributed by atoms with Crippen LogP contribution in [0.4, 0.5) is 36.4 Å². The summed E-state index contributed by atoms with van der Waals surface area (Å²) in [4.78, 5) is 11.9. The minimum Gasteiger partial charge on any atom is -0.491 e. The van der Waals surface area contributed by atoms with Crippen molar-refractivity contribution in [3.8, 4) is 5.75 Å². The largest absolute Gasteiger partial charge is 0.491 e. The van der Waals surface area contributed by atoms with Gasteiger partial charge in [0.05, 0.1) is 23.4 Å². The van der Waals surface area contributed by atoms with Gasteiger partial charge in [-0.05, 0) is 18.2 Å². The molecule has 3 nitrogen and oxygen atoms in total. The van der Waals surface area contributed by atoms with Crippen LogP contribution in [-0.2, 0) is 6.18 Å². The number of carbonyl (C=O) groups excluding carboxylic acids is 1. The molecule has 2 rings (SSSR count). The third-order valence-corrected chi connectivity index (χ3v) is 3.51. The van der Waals surface area contributed by atoms with Crippen LogP contribution in [-0.4, -0.2) is 13.0 Å². The van der Waals surface area contributed by atoms with Crippen molar-refractivity contribution < 1.29 is 40.3 Å². The van der Waals surface area contributed by atoms with Gasteiger partial charge in [0.25, 0.3) is 5.91 Å². The predicted molar refractivity (Wildman–Crippen MR) is 77.2 cm³/mol. The van der Waals surface area contributed by atoms with Crippen molar-refractivity contribution >= 4 is 23.2 Å². The maximum absolute atomic E-state index is 13.9. The Hall–Kier alpha value is -2.49. The summed E-state index contributed by atoms with van der Waals surface area (Å²) in [6.45, 7) is 0. The Morgan fingerprint density at radius 1 is 1.04 bits per heavy atom. The van der Waals surface area contributed by atoms with Crippen LogP contribution >= 0.6 is 11.6 Å². The maximum Gasteiger partial charge on any atom is 0.416 e. The van der Waals surface area contributed by atoms with Crippen molar-refractivity contribution in [2.24, 2.45) is 0 Å². The van der Waals surface area contributed by atoms with Crippen molar-refractivity contribution in [2.45, 2.75) is 6.18 Å². The van der Waals surface area contributed by atoms with Crippen LogP contribution in [0, 0.1) is 23.3 Å². The van der Waals surface area contributed by atoms with Gasteiger partial charge in [-0.15, -0.1) is 0 Å². The normalized spacial score (nSPS) is 11.4. The Balaban J connectivity index is 2.43. The first-order valence-electron chi connectivity index (χ1n) is 6.57. The number of anilines is 1. The summed E-state index contributed by atoms with van der Waals surface area (Å²) in [5.74, 6) is -11.0. The molecule has 0 heterocycles. The lowest BCUT2D eigenvalue weighted by atomic mass is 10.1. The second-order valence-electron chi connectivity index (χ2n) is 4.81. The summed E-state index contributed by atoms with van der Waals surface area (Å²) in [6.07, 6.45) is -4.72. The Labute approximate surface area is 146 Å². The highest BCUT2D eigenvalue weighted by molar-refractivity contribution is 6.34. The van der Waals surface area contributed by atoms with Crippen LogP contribution in [0.5, 0.6) is 5.75 Å².